The standard InChI is InChI=1S/C39H40N2O6/c1-2-20-41-38(45)31-22-27(24-47-28-10-4-3-5-11-28)36(32(23-42)37(31)39(41)46)35(44)18-16-26(33-14-8-9-19-40-33)21-25-15-17-34(43)30-13-7-6-12-29(25)30/h3-15,17,19,21,31-32,35,37,42-44H,2,16,18,20,22-24H2,1H3/b26-21-/t31-,32+,35-,37-/m1/s1. The van der Waals surface area contributed by atoms with Gasteiger partial charge < -0.3 is 20.1 Å². The maximum Gasteiger partial charge on any atom is 0.233 e. The minimum absolute atomic E-state index is 0.133. The Kier molecular flexibility index (Phi) is 9.80. The number of aromatic hydroxyl groups is 1. The number of aromatic nitrogens is 1. The lowest BCUT2D eigenvalue weighted by Crippen LogP contribution is -2.40. The molecule has 1 aromatic heterocycles. The van der Waals surface area contributed by atoms with Gasteiger partial charge in [-0.05, 0) is 89.8 Å². The van der Waals surface area contributed by atoms with E-state index in [1.165, 1.54) is 4.90 Å². The van der Waals surface area contributed by atoms with Gasteiger partial charge in [0.15, 0.2) is 0 Å². The van der Waals surface area contributed by atoms with Gasteiger partial charge in [-0.2, -0.15) is 0 Å². The highest BCUT2D eigenvalue weighted by Gasteiger charge is 2.54. The number of pyridine rings is 1. The second-order valence-electron chi connectivity index (χ2n) is 12.3. The fourth-order valence-electron chi connectivity index (χ4n) is 7.18. The molecule has 47 heavy (non-hydrogen) atoms. The first-order chi connectivity index (χ1) is 22.9. The third kappa shape index (κ3) is 6.57. The van der Waals surface area contributed by atoms with E-state index in [1.807, 2.05) is 91.9 Å². The molecule has 6 rings (SSSR count). The van der Waals surface area contributed by atoms with Crippen LogP contribution in [0.25, 0.3) is 22.4 Å². The van der Waals surface area contributed by atoms with Gasteiger partial charge in [0.1, 0.15) is 18.1 Å². The molecule has 1 aliphatic heterocycles. The Bertz CT molecular complexity index is 1800. The number of nitrogens with zero attached hydrogens (tertiary/aromatic N) is 2. The summed E-state index contributed by atoms with van der Waals surface area (Å²) in [4.78, 5) is 32.9. The van der Waals surface area contributed by atoms with Crippen molar-refractivity contribution >= 4 is 34.2 Å². The van der Waals surface area contributed by atoms with E-state index >= 15 is 0 Å². The smallest absolute Gasteiger partial charge is 0.233 e. The minimum atomic E-state index is -1.01. The molecule has 4 atom stereocenters. The number of carbonyl (C=O) groups excluding carboxylic acids is 2. The summed E-state index contributed by atoms with van der Waals surface area (Å²) in [6.45, 7) is 2.02. The fourth-order valence-corrected chi connectivity index (χ4v) is 7.18. The van der Waals surface area contributed by atoms with Gasteiger partial charge in [0.05, 0.1) is 30.2 Å². The molecular weight excluding hydrogens is 592 g/mol. The Morgan fingerprint density at radius 3 is 2.45 bits per heavy atom. The first kappa shape index (κ1) is 32.2. The van der Waals surface area contributed by atoms with Crippen LogP contribution in [0.1, 0.15) is 43.9 Å². The number of imide groups is 1. The summed E-state index contributed by atoms with van der Waals surface area (Å²) >= 11 is 0. The van der Waals surface area contributed by atoms with E-state index in [9.17, 15) is 24.9 Å². The Morgan fingerprint density at radius 2 is 1.72 bits per heavy atom. The van der Waals surface area contributed by atoms with E-state index in [1.54, 1.807) is 12.3 Å². The molecule has 8 nitrogen and oxygen atoms in total. The first-order valence-electron chi connectivity index (χ1n) is 16.3. The number of para-hydroxylation sites is 1. The summed E-state index contributed by atoms with van der Waals surface area (Å²) in [6.07, 6.45) is 4.41. The number of allylic oxidation sites excluding steroid dienone is 1. The van der Waals surface area contributed by atoms with Crippen LogP contribution in [0.3, 0.4) is 0 Å². The number of aliphatic hydroxyl groups is 2. The zero-order valence-corrected chi connectivity index (χ0v) is 26.5. The first-order valence-corrected chi connectivity index (χ1v) is 16.3. The van der Waals surface area contributed by atoms with Crippen LogP contribution in [0.2, 0.25) is 0 Å². The molecular formula is C39H40N2O6. The quantitative estimate of drug-likeness (QED) is 0.129. The number of carbonyl (C=O) groups is 2. The maximum atomic E-state index is 13.6. The number of phenolic OH excluding ortho intramolecular Hbond substituents is 1. The van der Waals surface area contributed by atoms with Crippen molar-refractivity contribution in [2.45, 2.75) is 38.7 Å². The molecule has 1 aliphatic carbocycles. The number of phenols is 1. The number of hydrogen-bond donors (Lipinski definition) is 3. The van der Waals surface area contributed by atoms with Crippen LogP contribution in [-0.4, -0.2) is 62.9 Å². The Hall–Kier alpha value is -4.79. The summed E-state index contributed by atoms with van der Waals surface area (Å²) in [7, 11) is 0. The zero-order valence-electron chi connectivity index (χ0n) is 26.5. The lowest BCUT2D eigenvalue weighted by atomic mass is 9.68. The molecule has 0 saturated carbocycles. The second-order valence-corrected chi connectivity index (χ2v) is 12.3. The molecule has 8 heteroatoms. The predicted octanol–water partition coefficient (Wildman–Crippen LogP) is 6.02. The van der Waals surface area contributed by atoms with Crippen molar-refractivity contribution in [3.05, 3.63) is 114 Å². The average Bonchev–Trinajstić information content (AvgIpc) is 3.34. The summed E-state index contributed by atoms with van der Waals surface area (Å²) in [6, 6.07) is 26.2. The van der Waals surface area contributed by atoms with Gasteiger partial charge in [-0.3, -0.25) is 19.5 Å². The molecule has 4 aromatic rings. The molecule has 0 radical (unpaired) electrons. The summed E-state index contributed by atoms with van der Waals surface area (Å²) < 4.78 is 6.13. The van der Waals surface area contributed by atoms with Crippen molar-refractivity contribution in [3.8, 4) is 11.5 Å². The number of hydrogen-bond acceptors (Lipinski definition) is 7. The summed E-state index contributed by atoms with van der Waals surface area (Å²) in [5.41, 5.74) is 3.88. The highest BCUT2D eigenvalue weighted by Crippen LogP contribution is 2.46. The number of fused-ring (bicyclic) bond motifs is 2. The van der Waals surface area contributed by atoms with Crippen LogP contribution in [-0.2, 0) is 9.59 Å². The average molecular weight is 633 g/mol. The van der Waals surface area contributed by atoms with E-state index in [2.05, 4.69) is 4.98 Å². The van der Waals surface area contributed by atoms with Crippen molar-refractivity contribution in [3.63, 3.8) is 0 Å². The van der Waals surface area contributed by atoms with Gasteiger partial charge in [0.2, 0.25) is 11.8 Å². The highest BCUT2D eigenvalue weighted by molar-refractivity contribution is 6.06. The van der Waals surface area contributed by atoms with Gasteiger partial charge in [0.25, 0.3) is 0 Å². The van der Waals surface area contributed by atoms with E-state index in [0.29, 0.717) is 30.7 Å². The molecule has 0 bridgehead atoms. The van der Waals surface area contributed by atoms with Gasteiger partial charge in [-0.15, -0.1) is 0 Å². The molecule has 2 aliphatic rings. The number of rotatable bonds is 12. The van der Waals surface area contributed by atoms with Crippen molar-refractivity contribution in [2.75, 3.05) is 19.8 Å². The largest absolute Gasteiger partial charge is 0.507 e. The molecule has 1 saturated heterocycles. The molecule has 2 heterocycles. The van der Waals surface area contributed by atoms with E-state index in [-0.39, 0.29) is 43.6 Å². The van der Waals surface area contributed by atoms with Crippen molar-refractivity contribution in [1.29, 1.82) is 0 Å². The number of likely N-dealkylation sites (tertiary alicyclic amines) is 1. The lowest BCUT2D eigenvalue weighted by molar-refractivity contribution is -0.140. The third-order valence-electron chi connectivity index (χ3n) is 9.38. The van der Waals surface area contributed by atoms with Crippen molar-refractivity contribution in [2.24, 2.45) is 17.8 Å². The van der Waals surface area contributed by atoms with Crippen molar-refractivity contribution in [1.82, 2.24) is 9.88 Å². The Labute approximate surface area is 274 Å². The van der Waals surface area contributed by atoms with Gasteiger partial charge >= 0.3 is 0 Å². The van der Waals surface area contributed by atoms with Crippen LogP contribution in [0.5, 0.6) is 11.5 Å². The maximum absolute atomic E-state index is 13.6. The van der Waals surface area contributed by atoms with Crippen molar-refractivity contribution < 1.29 is 29.6 Å². The van der Waals surface area contributed by atoms with Gasteiger partial charge in [0, 0.05) is 24.0 Å². The number of benzene rings is 3. The van der Waals surface area contributed by atoms with E-state index < -0.39 is 23.9 Å². The topological polar surface area (TPSA) is 120 Å². The summed E-state index contributed by atoms with van der Waals surface area (Å²) in [5, 5.41) is 34.8. The van der Waals surface area contributed by atoms with Gasteiger partial charge in [-0.1, -0.05) is 61.5 Å². The molecule has 0 unspecified atom stereocenters. The van der Waals surface area contributed by atoms with Crippen LogP contribution in [0.4, 0.5) is 0 Å². The molecule has 3 aromatic carbocycles. The summed E-state index contributed by atoms with van der Waals surface area (Å²) in [5.74, 6) is -1.66. The number of amides is 2. The highest BCUT2D eigenvalue weighted by atomic mass is 16.5. The molecule has 1 fully saturated rings. The van der Waals surface area contributed by atoms with E-state index in [4.69, 9.17) is 4.74 Å². The number of ether oxygens (including phenoxy) is 1. The van der Waals surface area contributed by atoms with Crippen LogP contribution >= 0.6 is 0 Å². The minimum Gasteiger partial charge on any atom is -0.507 e. The zero-order chi connectivity index (χ0) is 32.9. The SMILES string of the molecule is CCCN1C(=O)[C@@H]2[C@@H](CC(COc3ccccc3)=C([C@H](O)CC/C(=C/c3ccc(O)c4ccccc34)c3ccccn3)[C@@H]2CO)C1=O. The Morgan fingerprint density at radius 1 is 0.979 bits per heavy atom. The molecule has 3 N–H and O–H groups in total. The molecule has 0 spiro atoms. The van der Waals surface area contributed by atoms with Crippen LogP contribution in [0, 0.1) is 17.8 Å². The fraction of sp³-hybridized carbons (Fsp3) is 0.308. The number of aliphatic hydroxyl groups excluding tert-OH is 2. The third-order valence-corrected chi connectivity index (χ3v) is 9.38. The van der Waals surface area contributed by atoms with Crippen LogP contribution < -0.4 is 4.74 Å². The van der Waals surface area contributed by atoms with Crippen LogP contribution in [0.15, 0.2) is 102 Å². The molecule has 2 amide bonds. The van der Waals surface area contributed by atoms with E-state index in [0.717, 1.165) is 33.2 Å². The normalized spacial score (nSPS) is 20.5. The predicted molar refractivity (Wildman–Crippen MR) is 181 cm³/mol. The molecule has 242 valence electrons. The second kappa shape index (κ2) is 14.3. The Balaban J connectivity index is 1.35. The lowest BCUT2D eigenvalue weighted by Gasteiger charge is -2.36. The monoisotopic (exact) mass is 632 g/mol. The van der Waals surface area contributed by atoms with Gasteiger partial charge in [-0.25, -0.2) is 0 Å².